The second-order valence-electron chi connectivity index (χ2n) is 7.61. The van der Waals surface area contributed by atoms with Crippen molar-refractivity contribution in [3.8, 4) is 5.75 Å². The van der Waals surface area contributed by atoms with Gasteiger partial charge in [-0.15, -0.1) is 0 Å². The van der Waals surface area contributed by atoms with Gasteiger partial charge in [-0.3, -0.25) is 9.59 Å². The van der Waals surface area contributed by atoms with E-state index in [1.807, 2.05) is 48.5 Å². The van der Waals surface area contributed by atoms with Gasteiger partial charge in [-0.1, -0.05) is 74.7 Å². The number of rotatable bonds is 11. The van der Waals surface area contributed by atoms with Crippen LogP contribution in [-0.4, -0.2) is 18.4 Å². The number of benzene rings is 3. The highest BCUT2D eigenvalue weighted by atomic mass is 16.5. The summed E-state index contributed by atoms with van der Waals surface area (Å²) in [6, 6.07) is 23.9. The normalized spacial score (nSPS) is 10.4. The first kappa shape index (κ1) is 23.1. The molecule has 0 spiro atoms. The Labute approximate surface area is 189 Å². The van der Waals surface area contributed by atoms with Gasteiger partial charge in [0.1, 0.15) is 5.75 Å². The Hall–Kier alpha value is -3.60. The molecule has 0 saturated heterocycles. The molecular weight excluding hydrogens is 400 g/mol. The standard InChI is InChI=1S/C27H30N2O3/c1-2-3-4-10-18-32-25-17-9-8-16-24(25)27(31)29-23-15-11-14-22(19-23)26(30)28-20-21-12-6-5-7-13-21/h5-9,11-17,19H,2-4,10,18,20H2,1H3,(H,28,30)(H,29,31). The predicted molar refractivity (Wildman–Crippen MR) is 128 cm³/mol. The number of hydrogen-bond acceptors (Lipinski definition) is 3. The van der Waals surface area contributed by atoms with Gasteiger partial charge in [-0.25, -0.2) is 0 Å². The van der Waals surface area contributed by atoms with Crippen LogP contribution in [-0.2, 0) is 6.54 Å². The first-order valence-corrected chi connectivity index (χ1v) is 11.1. The van der Waals surface area contributed by atoms with Crippen LogP contribution in [0.25, 0.3) is 0 Å². The van der Waals surface area contributed by atoms with E-state index in [1.54, 1.807) is 30.3 Å². The van der Waals surface area contributed by atoms with Crippen molar-refractivity contribution >= 4 is 17.5 Å². The highest BCUT2D eigenvalue weighted by molar-refractivity contribution is 6.06. The Kier molecular flexibility index (Phi) is 8.87. The van der Waals surface area contributed by atoms with E-state index in [1.165, 1.54) is 12.8 Å². The number of carbonyl (C=O) groups is 2. The lowest BCUT2D eigenvalue weighted by Gasteiger charge is -2.12. The smallest absolute Gasteiger partial charge is 0.259 e. The molecule has 0 saturated carbocycles. The molecule has 3 aromatic rings. The minimum absolute atomic E-state index is 0.194. The molecule has 0 bridgehead atoms. The van der Waals surface area contributed by atoms with Crippen molar-refractivity contribution in [1.82, 2.24) is 5.32 Å². The average Bonchev–Trinajstić information content (AvgIpc) is 2.83. The van der Waals surface area contributed by atoms with Crippen LogP contribution in [0.5, 0.6) is 5.75 Å². The van der Waals surface area contributed by atoms with E-state index < -0.39 is 0 Å². The van der Waals surface area contributed by atoms with Gasteiger partial charge in [0.05, 0.1) is 12.2 Å². The lowest BCUT2D eigenvalue weighted by Crippen LogP contribution is -2.23. The van der Waals surface area contributed by atoms with E-state index in [9.17, 15) is 9.59 Å². The molecule has 3 aromatic carbocycles. The van der Waals surface area contributed by atoms with Crippen LogP contribution < -0.4 is 15.4 Å². The maximum atomic E-state index is 12.9. The van der Waals surface area contributed by atoms with Crippen molar-refractivity contribution in [2.75, 3.05) is 11.9 Å². The second kappa shape index (κ2) is 12.3. The molecule has 32 heavy (non-hydrogen) atoms. The maximum absolute atomic E-state index is 12.9. The first-order valence-electron chi connectivity index (χ1n) is 11.1. The molecule has 0 fully saturated rings. The molecule has 0 radical (unpaired) electrons. The van der Waals surface area contributed by atoms with E-state index in [0.29, 0.717) is 35.7 Å². The largest absolute Gasteiger partial charge is 0.493 e. The van der Waals surface area contributed by atoms with Crippen LogP contribution in [0, 0.1) is 0 Å². The van der Waals surface area contributed by atoms with Crippen LogP contribution >= 0.6 is 0 Å². The molecule has 166 valence electrons. The lowest BCUT2D eigenvalue weighted by molar-refractivity contribution is 0.0949. The van der Waals surface area contributed by atoms with Crippen LogP contribution in [0.2, 0.25) is 0 Å². The van der Waals surface area contributed by atoms with Crippen molar-refractivity contribution in [3.63, 3.8) is 0 Å². The molecule has 0 aliphatic carbocycles. The quantitative estimate of drug-likeness (QED) is 0.376. The number of anilines is 1. The average molecular weight is 431 g/mol. The highest BCUT2D eigenvalue weighted by Crippen LogP contribution is 2.21. The number of nitrogens with one attached hydrogen (secondary N) is 2. The Morgan fingerprint density at radius 3 is 2.41 bits per heavy atom. The molecule has 0 unspecified atom stereocenters. The summed E-state index contributed by atoms with van der Waals surface area (Å²) in [6.45, 7) is 3.20. The van der Waals surface area contributed by atoms with Crippen LogP contribution in [0.1, 0.15) is 58.9 Å². The molecule has 2 N–H and O–H groups in total. The fraction of sp³-hybridized carbons (Fsp3) is 0.259. The van der Waals surface area contributed by atoms with Crippen molar-refractivity contribution in [2.24, 2.45) is 0 Å². The van der Waals surface area contributed by atoms with E-state index in [2.05, 4.69) is 17.6 Å². The van der Waals surface area contributed by atoms with Crippen LogP contribution in [0.15, 0.2) is 78.9 Å². The fourth-order valence-corrected chi connectivity index (χ4v) is 3.31. The second-order valence-corrected chi connectivity index (χ2v) is 7.61. The molecular formula is C27H30N2O3. The monoisotopic (exact) mass is 430 g/mol. The summed E-state index contributed by atoms with van der Waals surface area (Å²) in [5, 5.41) is 5.78. The third-order valence-corrected chi connectivity index (χ3v) is 5.07. The minimum Gasteiger partial charge on any atom is -0.493 e. The number of unbranched alkanes of at least 4 members (excludes halogenated alkanes) is 3. The number of para-hydroxylation sites is 1. The zero-order valence-corrected chi connectivity index (χ0v) is 18.5. The van der Waals surface area contributed by atoms with Crippen molar-refractivity contribution < 1.29 is 14.3 Å². The van der Waals surface area contributed by atoms with Gasteiger partial charge in [0.2, 0.25) is 0 Å². The summed E-state index contributed by atoms with van der Waals surface area (Å²) >= 11 is 0. The minimum atomic E-state index is -0.268. The molecule has 0 heterocycles. The van der Waals surface area contributed by atoms with E-state index in [4.69, 9.17) is 4.74 Å². The molecule has 0 aliphatic rings. The van der Waals surface area contributed by atoms with E-state index >= 15 is 0 Å². The lowest BCUT2D eigenvalue weighted by atomic mass is 10.1. The van der Waals surface area contributed by atoms with Gasteiger partial charge in [-0.2, -0.15) is 0 Å². The number of hydrogen-bond donors (Lipinski definition) is 2. The van der Waals surface area contributed by atoms with Crippen LogP contribution in [0.4, 0.5) is 5.69 Å². The van der Waals surface area contributed by atoms with Gasteiger partial charge in [0, 0.05) is 17.8 Å². The summed E-state index contributed by atoms with van der Waals surface area (Å²) in [4.78, 5) is 25.4. The number of carbonyl (C=O) groups excluding carboxylic acids is 2. The Bertz CT molecular complexity index is 1020. The summed E-state index contributed by atoms with van der Waals surface area (Å²) in [5.41, 5.74) is 2.54. The maximum Gasteiger partial charge on any atom is 0.259 e. The zero-order valence-electron chi connectivity index (χ0n) is 18.5. The third kappa shape index (κ3) is 6.98. The van der Waals surface area contributed by atoms with Gasteiger partial charge in [0.25, 0.3) is 11.8 Å². The van der Waals surface area contributed by atoms with Crippen molar-refractivity contribution in [2.45, 2.75) is 39.2 Å². The fourth-order valence-electron chi connectivity index (χ4n) is 3.31. The Morgan fingerprint density at radius 1 is 0.812 bits per heavy atom. The van der Waals surface area contributed by atoms with Gasteiger partial charge >= 0.3 is 0 Å². The van der Waals surface area contributed by atoms with Gasteiger partial charge in [0.15, 0.2) is 0 Å². The number of amides is 2. The third-order valence-electron chi connectivity index (χ3n) is 5.07. The zero-order chi connectivity index (χ0) is 22.6. The van der Waals surface area contributed by atoms with Crippen LogP contribution in [0.3, 0.4) is 0 Å². The number of ether oxygens (including phenoxy) is 1. The predicted octanol–water partition coefficient (Wildman–Crippen LogP) is 5.83. The SMILES string of the molecule is CCCCCCOc1ccccc1C(=O)Nc1cccc(C(=O)NCc2ccccc2)c1. The Morgan fingerprint density at radius 2 is 1.59 bits per heavy atom. The molecule has 5 heteroatoms. The molecule has 2 amide bonds. The van der Waals surface area contributed by atoms with Crippen molar-refractivity contribution in [1.29, 1.82) is 0 Å². The molecule has 5 nitrogen and oxygen atoms in total. The molecule has 3 rings (SSSR count). The first-order chi connectivity index (χ1) is 15.7. The van der Waals surface area contributed by atoms with Crippen molar-refractivity contribution in [3.05, 3.63) is 95.6 Å². The molecule has 0 aliphatic heterocycles. The highest BCUT2D eigenvalue weighted by Gasteiger charge is 2.13. The Balaban J connectivity index is 1.60. The van der Waals surface area contributed by atoms with Gasteiger partial charge < -0.3 is 15.4 Å². The molecule has 0 atom stereocenters. The van der Waals surface area contributed by atoms with Gasteiger partial charge in [-0.05, 0) is 42.3 Å². The summed E-state index contributed by atoms with van der Waals surface area (Å²) in [5.74, 6) is 0.107. The topological polar surface area (TPSA) is 67.4 Å². The summed E-state index contributed by atoms with van der Waals surface area (Å²) < 4.78 is 5.85. The van der Waals surface area contributed by atoms with E-state index in [-0.39, 0.29) is 11.8 Å². The summed E-state index contributed by atoms with van der Waals surface area (Å²) in [7, 11) is 0. The van der Waals surface area contributed by atoms with E-state index in [0.717, 1.165) is 18.4 Å². The molecule has 0 aromatic heterocycles. The summed E-state index contributed by atoms with van der Waals surface area (Å²) in [6.07, 6.45) is 4.43.